The highest BCUT2D eigenvalue weighted by molar-refractivity contribution is 7.90. The van der Waals surface area contributed by atoms with Crippen LogP contribution in [0.15, 0.2) is 34.3 Å². The minimum atomic E-state index is -3.30. The van der Waals surface area contributed by atoms with Crippen LogP contribution in [0.5, 0.6) is 0 Å². The molecule has 1 aromatic carbocycles. The Bertz CT molecular complexity index is 1300. The van der Waals surface area contributed by atoms with Crippen molar-refractivity contribution in [2.75, 3.05) is 42.3 Å². The van der Waals surface area contributed by atoms with Crippen LogP contribution < -0.4 is 15.5 Å². The Hall–Kier alpha value is -2.56. The van der Waals surface area contributed by atoms with Gasteiger partial charge in [-0.3, -0.25) is 4.99 Å². The summed E-state index contributed by atoms with van der Waals surface area (Å²) in [6.07, 6.45) is 6.82. The lowest BCUT2D eigenvalue weighted by Gasteiger charge is -2.41. The molecule has 6 rings (SSSR count). The third kappa shape index (κ3) is 3.73. The van der Waals surface area contributed by atoms with Crippen molar-refractivity contribution in [3.05, 3.63) is 41.3 Å². The average molecular weight is 497 g/mol. The van der Waals surface area contributed by atoms with Crippen molar-refractivity contribution >= 4 is 27.2 Å². The van der Waals surface area contributed by atoms with Crippen LogP contribution in [0.3, 0.4) is 0 Å². The first-order valence-corrected chi connectivity index (χ1v) is 14.3. The molecular weight excluding hydrogens is 464 g/mol. The molecule has 4 aliphatic rings. The molecule has 0 amide bonds. The number of nitrogens with zero attached hydrogens (tertiary/aromatic N) is 5. The molecule has 1 aromatic heterocycles. The average Bonchev–Trinajstić information content (AvgIpc) is 3.40. The largest absolute Gasteiger partial charge is 0.376 e. The summed E-state index contributed by atoms with van der Waals surface area (Å²) in [7, 11) is -3.30. The second-order valence-electron chi connectivity index (χ2n) is 10.3. The molecule has 2 fully saturated rings. The molecule has 0 bridgehead atoms. The van der Waals surface area contributed by atoms with Crippen LogP contribution >= 0.6 is 0 Å². The number of aromatic nitrogens is 2. The second kappa shape index (κ2) is 8.25. The monoisotopic (exact) mass is 496 g/mol. The number of amidine groups is 1. The molecule has 2 saturated heterocycles. The van der Waals surface area contributed by atoms with Gasteiger partial charge in [0.2, 0.25) is 0 Å². The maximum absolute atomic E-state index is 12.3. The predicted molar refractivity (Wildman–Crippen MR) is 135 cm³/mol. The van der Waals surface area contributed by atoms with E-state index in [2.05, 4.69) is 16.7 Å². The molecule has 2 aromatic rings. The van der Waals surface area contributed by atoms with Gasteiger partial charge in [0.1, 0.15) is 11.5 Å². The summed E-state index contributed by atoms with van der Waals surface area (Å²) in [5, 5.41) is 0. The molecule has 2 N–H and O–H groups in total. The summed E-state index contributed by atoms with van der Waals surface area (Å²) < 4.78 is 30.5. The van der Waals surface area contributed by atoms with Gasteiger partial charge < -0.3 is 20.3 Å². The predicted octanol–water partition coefficient (Wildman–Crippen LogP) is 1.93. The quantitative estimate of drug-likeness (QED) is 0.671. The molecule has 9 nitrogen and oxygen atoms in total. The van der Waals surface area contributed by atoms with E-state index < -0.39 is 9.84 Å². The fourth-order valence-electron chi connectivity index (χ4n) is 6.12. The normalized spacial score (nSPS) is 25.5. The first-order chi connectivity index (χ1) is 16.8. The summed E-state index contributed by atoms with van der Waals surface area (Å²) in [4.78, 5) is 19.4. The van der Waals surface area contributed by atoms with Crippen LogP contribution in [0, 0.1) is 5.41 Å². The number of rotatable bonds is 2. The van der Waals surface area contributed by atoms with Gasteiger partial charge in [-0.1, -0.05) is 6.07 Å². The smallest absolute Gasteiger partial charge is 0.175 e. The van der Waals surface area contributed by atoms with E-state index >= 15 is 0 Å². The Morgan fingerprint density at radius 2 is 2.00 bits per heavy atom. The highest BCUT2D eigenvalue weighted by Gasteiger charge is 2.47. The van der Waals surface area contributed by atoms with Crippen molar-refractivity contribution in [1.82, 2.24) is 9.97 Å². The molecule has 5 heterocycles. The number of fused-ring (bicyclic) bond motifs is 2. The van der Waals surface area contributed by atoms with Gasteiger partial charge in [-0.2, -0.15) is 0 Å². The molecule has 1 spiro atoms. The summed E-state index contributed by atoms with van der Waals surface area (Å²) in [5.74, 6) is 1.67. The fourth-order valence-corrected chi connectivity index (χ4v) is 7.10. The van der Waals surface area contributed by atoms with E-state index in [0.717, 1.165) is 86.2 Å². The van der Waals surface area contributed by atoms with E-state index in [1.54, 1.807) is 6.07 Å². The van der Waals surface area contributed by atoms with Crippen molar-refractivity contribution in [2.24, 2.45) is 16.1 Å². The Balaban J connectivity index is 1.23. The van der Waals surface area contributed by atoms with Gasteiger partial charge >= 0.3 is 0 Å². The Morgan fingerprint density at radius 1 is 1.20 bits per heavy atom. The van der Waals surface area contributed by atoms with Gasteiger partial charge in [0, 0.05) is 43.0 Å². The topological polar surface area (TPSA) is 114 Å². The van der Waals surface area contributed by atoms with Gasteiger partial charge in [0.05, 0.1) is 36.0 Å². The van der Waals surface area contributed by atoms with E-state index in [1.807, 2.05) is 18.3 Å². The number of sulfone groups is 1. The van der Waals surface area contributed by atoms with E-state index in [9.17, 15) is 8.42 Å². The lowest BCUT2D eigenvalue weighted by atomic mass is 9.73. The number of hydrogen-bond acceptors (Lipinski definition) is 9. The summed E-state index contributed by atoms with van der Waals surface area (Å²) in [6.45, 7) is 5.85. The van der Waals surface area contributed by atoms with Crippen LogP contribution in [0.25, 0.3) is 0 Å². The zero-order valence-corrected chi connectivity index (χ0v) is 21.1. The molecule has 0 aliphatic carbocycles. The number of nitrogens with two attached hydrogens (primary N) is 1. The second-order valence-corrected chi connectivity index (χ2v) is 12.3. The highest BCUT2D eigenvalue weighted by atomic mass is 32.2. The SMILES string of the molecule is C[C@@H]1OCC2(CCN(c3cnc4c(n3)CN=C4N3CCCc4c3cccc4S(C)(=O)=O)CC2)[C@@H]1N. The molecule has 4 aliphatic heterocycles. The summed E-state index contributed by atoms with van der Waals surface area (Å²) in [6, 6.07) is 5.57. The molecule has 0 radical (unpaired) electrons. The third-order valence-corrected chi connectivity index (χ3v) is 9.40. The molecule has 2 atom stereocenters. The van der Waals surface area contributed by atoms with Crippen molar-refractivity contribution < 1.29 is 13.2 Å². The molecule has 0 saturated carbocycles. The maximum Gasteiger partial charge on any atom is 0.175 e. The Kier molecular flexibility index (Phi) is 5.39. The first-order valence-electron chi connectivity index (χ1n) is 12.4. The molecule has 0 unspecified atom stereocenters. The molecular formula is C25H32N6O3S. The number of anilines is 2. The zero-order valence-electron chi connectivity index (χ0n) is 20.3. The Morgan fingerprint density at radius 3 is 2.71 bits per heavy atom. The van der Waals surface area contributed by atoms with E-state index in [1.165, 1.54) is 6.26 Å². The van der Waals surface area contributed by atoms with E-state index in [4.69, 9.17) is 25.4 Å². The fraction of sp³-hybridized carbons (Fsp3) is 0.560. The zero-order chi connectivity index (χ0) is 24.4. The van der Waals surface area contributed by atoms with E-state index in [0.29, 0.717) is 11.4 Å². The van der Waals surface area contributed by atoms with Gasteiger partial charge in [0.25, 0.3) is 0 Å². The number of aliphatic imine (C=N–C) groups is 1. The van der Waals surface area contributed by atoms with Gasteiger partial charge in [-0.05, 0) is 50.3 Å². The van der Waals surface area contributed by atoms with Crippen molar-refractivity contribution in [3.63, 3.8) is 0 Å². The standard InChI is InChI=1S/C25H32N6O3S/c1-16-23(26)25(15-34-16)8-11-30(12-9-25)21-14-27-22-18(29-21)13-28-24(22)31-10-4-5-17-19(31)6-3-7-20(17)35(2,32)33/h3,6-7,14,16,23H,4-5,8-13,15,26H2,1-2H3/t16-,23+/m0/s1. The first kappa shape index (κ1) is 22.9. The molecule has 10 heteroatoms. The van der Waals surface area contributed by atoms with E-state index in [-0.39, 0.29) is 17.6 Å². The van der Waals surface area contributed by atoms with Crippen molar-refractivity contribution in [3.8, 4) is 0 Å². The van der Waals surface area contributed by atoms with Crippen LogP contribution in [0.4, 0.5) is 11.5 Å². The number of hydrogen-bond donors (Lipinski definition) is 1. The van der Waals surface area contributed by atoms with Crippen LogP contribution in [0.2, 0.25) is 0 Å². The number of piperidine rings is 1. The maximum atomic E-state index is 12.3. The lowest BCUT2D eigenvalue weighted by molar-refractivity contribution is 0.0974. The van der Waals surface area contributed by atoms with Gasteiger partial charge in [-0.25, -0.2) is 18.4 Å². The van der Waals surface area contributed by atoms with Gasteiger partial charge in [0.15, 0.2) is 15.7 Å². The number of ether oxygens (including phenoxy) is 1. The lowest BCUT2D eigenvalue weighted by Crippen LogP contribution is -2.50. The highest BCUT2D eigenvalue weighted by Crippen LogP contribution is 2.42. The summed E-state index contributed by atoms with van der Waals surface area (Å²) >= 11 is 0. The third-order valence-electron chi connectivity index (χ3n) is 8.21. The Labute approximate surface area is 206 Å². The summed E-state index contributed by atoms with van der Waals surface area (Å²) in [5.41, 5.74) is 9.99. The van der Waals surface area contributed by atoms with Crippen LogP contribution in [0.1, 0.15) is 43.1 Å². The minimum absolute atomic E-state index is 0.0723. The van der Waals surface area contributed by atoms with Gasteiger partial charge in [-0.15, -0.1) is 0 Å². The molecule has 35 heavy (non-hydrogen) atoms. The van der Waals surface area contributed by atoms with Crippen LogP contribution in [-0.2, 0) is 27.5 Å². The van der Waals surface area contributed by atoms with Crippen molar-refractivity contribution in [2.45, 2.75) is 56.2 Å². The molecule has 186 valence electrons. The van der Waals surface area contributed by atoms with Crippen molar-refractivity contribution in [1.29, 1.82) is 0 Å². The minimum Gasteiger partial charge on any atom is -0.376 e. The number of benzene rings is 1. The van der Waals surface area contributed by atoms with Crippen LogP contribution in [-0.4, -0.2) is 68.9 Å².